The molecule has 1 N–H and O–H groups in total. The van der Waals surface area contributed by atoms with E-state index < -0.39 is 0 Å². The van der Waals surface area contributed by atoms with E-state index in [1.807, 2.05) is 18.2 Å². The Bertz CT molecular complexity index is 930. The number of benzene rings is 1. The van der Waals surface area contributed by atoms with Gasteiger partial charge in [0, 0.05) is 25.9 Å². The number of carbonyl (C=O) groups excluding carboxylic acids is 2. The van der Waals surface area contributed by atoms with Gasteiger partial charge in [0.1, 0.15) is 12.4 Å². The van der Waals surface area contributed by atoms with Gasteiger partial charge in [0.05, 0.1) is 11.4 Å². The molecule has 2 amide bonds. The van der Waals surface area contributed by atoms with Crippen molar-refractivity contribution in [3.63, 3.8) is 0 Å². The number of nitrogens with one attached hydrogen (secondary N) is 1. The minimum Gasteiger partial charge on any atom is -0.323 e. The van der Waals surface area contributed by atoms with E-state index in [2.05, 4.69) is 10.4 Å². The average Bonchev–Trinajstić information content (AvgIpc) is 3.10. The summed E-state index contributed by atoms with van der Waals surface area (Å²) in [5, 5.41) is 7.18. The van der Waals surface area contributed by atoms with Crippen LogP contribution in [-0.2, 0) is 29.1 Å². The van der Waals surface area contributed by atoms with Gasteiger partial charge in [0.2, 0.25) is 11.8 Å². The molecule has 8 nitrogen and oxygen atoms in total. The van der Waals surface area contributed by atoms with E-state index in [0.717, 1.165) is 37.9 Å². The third-order valence-electron chi connectivity index (χ3n) is 5.12. The van der Waals surface area contributed by atoms with Gasteiger partial charge in [-0.05, 0) is 31.4 Å². The second-order valence-corrected chi connectivity index (χ2v) is 7.03. The molecule has 0 aliphatic carbocycles. The van der Waals surface area contributed by atoms with Crippen LogP contribution in [-0.4, -0.2) is 32.7 Å². The van der Waals surface area contributed by atoms with Gasteiger partial charge in [-0.25, -0.2) is 9.48 Å². The number of anilines is 2. The first-order valence-corrected chi connectivity index (χ1v) is 9.49. The summed E-state index contributed by atoms with van der Waals surface area (Å²) in [6.07, 6.45) is 5.18. The standard InChI is InChI=1S/C19H23N5O3/c25-17(13-24-19(27)23-11-5-1-2-9-16(23)21-24)20-14-7-3-4-8-15(14)22-12-6-10-18(22)26/h3-4,7-8H,1-2,5-6,9-13H2,(H,20,25). The van der Waals surface area contributed by atoms with Crippen molar-refractivity contribution >= 4 is 23.2 Å². The molecule has 27 heavy (non-hydrogen) atoms. The molecule has 2 aromatic rings. The minimum absolute atomic E-state index is 0.0609. The first-order chi connectivity index (χ1) is 13.1. The molecule has 8 heteroatoms. The Morgan fingerprint density at radius 2 is 1.89 bits per heavy atom. The number of nitrogens with zero attached hydrogens (tertiary/aromatic N) is 4. The monoisotopic (exact) mass is 369 g/mol. The number of carbonyl (C=O) groups is 2. The molecule has 1 aromatic heterocycles. The molecule has 1 aromatic carbocycles. The van der Waals surface area contributed by atoms with Crippen LogP contribution in [0.4, 0.5) is 11.4 Å². The zero-order valence-electron chi connectivity index (χ0n) is 15.2. The van der Waals surface area contributed by atoms with Crippen LogP contribution in [0.15, 0.2) is 29.1 Å². The van der Waals surface area contributed by atoms with Gasteiger partial charge in [-0.1, -0.05) is 18.6 Å². The zero-order valence-corrected chi connectivity index (χ0v) is 15.2. The van der Waals surface area contributed by atoms with Crippen LogP contribution in [0.2, 0.25) is 0 Å². The van der Waals surface area contributed by atoms with Crippen LogP contribution in [0.5, 0.6) is 0 Å². The van der Waals surface area contributed by atoms with E-state index in [1.54, 1.807) is 15.5 Å². The van der Waals surface area contributed by atoms with Crippen LogP contribution in [0.1, 0.15) is 37.9 Å². The lowest BCUT2D eigenvalue weighted by Gasteiger charge is -2.19. The van der Waals surface area contributed by atoms with Crippen LogP contribution in [0.25, 0.3) is 0 Å². The molecular formula is C19H23N5O3. The number of aryl methyl sites for hydroxylation is 1. The largest absolute Gasteiger partial charge is 0.346 e. The predicted molar refractivity (Wildman–Crippen MR) is 101 cm³/mol. The molecule has 4 rings (SSSR count). The molecule has 1 saturated heterocycles. The van der Waals surface area contributed by atoms with Gasteiger partial charge >= 0.3 is 5.69 Å². The summed E-state index contributed by atoms with van der Waals surface area (Å²) in [5.74, 6) is 0.489. The molecule has 0 saturated carbocycles. The van der Waals surface area contributed by atoms with E-state index in [9.17, 15) is 14.4 Å². The lowest BCUT2D eigenvalue weighted by Crippen LogP contribution is -2.31. The highest BCUT2D eigenvalue weighted by Crippen LogP contribution is 2.29. The van der Waals surface area contributed by atoms with Crippen molar-refractivity contribution in [2.75, 3.05) is 16.8 Å². The molecule has 0 radical (unpaired) electrons. The van der Waals surface area contributed by atoms with Gasteiger partial charge in [-0.2, -0.15) is 5.10 Å². The van der Waals surface area contributed by atoms with Crippen molar-refractivity contribution in [3.05, 3.63) is 40.6 Å². The summed E-state index contributed by atoms with van der Waals surface area (Å²) in [4.78, 5) is 38.8. The number of amides is 2. The maximum Gasteiger partial charge on any atom is 0.346 e. The van der Waals surface area contributed by atoms with Crippen molar-refractivity contribution < 1.29 is 9.59 Å². The van der Waals surface area contributed by atoms with Crippen LogP contribution < -0.4 is 15.9 Å². The normalized spacial score (nSPS) is 16.9. The Labute approximate surface area is 156 Å². The lowest BCUT2D eigenvalue weighted by molar-refractivity contribution is -0.118. The summed E-state index contributed by atoms with van der Waals surface area (Å²) in [6, 6.07) is 7.24. The number of hydrogen-bond acceptors (Lipinski definition) is 4. The Kier molecular flexibility index (Phi) is 4.79. The fourth-order valence-corrected chi connectivity index (χ4v) is 3.77. The lowest BCUT2D eigenvalue weighted by atomic mass is 10.2. The summed E-state index contributed by atoms with van der Waals surface area (Å²) in [6.45, 7) is 1.18. The van der Waals surface area contributed by atoms with Gasteiger partial charge in [-0.15, -0.1) is 0 Å². The first-order valence-electron chi connectivity index (χ1n) is 9.49. The van der Waals surface area contributed by atoms with Gasteiger partial charge in [-0.3, -0.25) is 14.2 Å². The van der Waals surface area contributed by atoms with Crippen molar-refractivity contribution in [1.29, 1.82) is 0 Å². The van der Waals surface area contributed by atoms with Gasteiger partial charge in [0.15, 0.2) is 0 Å². The van der Waals surface area contributed by atoms with E-state index in [4.69, 9.17) is 0 Å². The number of rotatable bonds is 4. The maximum atomic E-state index is 12.5. The quantitative estimate of drug-likeness (QED) is 0.885. The van der Waals surface area contributed by atoms with Crippen molar-refractivity contribution in [2.45, 2.75) is 51.6 Å². The Morgan fingerprint density at radius 1 is 1.04 bits per heavy atom. The van der Waals surface area contributed by atoms with E-state index >= 15 is 0 Å². The Hall–Kier alpha value is -2.90. The average molecular weight is 369 g/mol. The summed E-state index contributed by atoms with van der Waals surface area (Å²) in [5.41, 5.74) is 1.04. The minimum atomic E-state index is -0.329. The molecule has 0 atom stereocenters. The highest BCUT2D eigenvalue weighted by molar-refractivity contribution is 6.01. The van der Waals surface area contributed by atoms with Crippen molar-refractivity contribution in [1.82, 2.24) is 14.3 Å². The first kappa shape index (κ1) is 17.5. The third-order valence-corrected chi connectivity index (χ3v) is 5.12. The zero-order chi connectivity index (χ0) is 18.8. The summed E-state index contributed by atoms with van der Waals surface area (Å²) < 4.78 is 2.91. The smallest absolute Gasteiger partial charge is 0.323 e. The molecule has 1 fully saturated rings. The molecule has 0 unspecified atom stereocenters. The van der Waals surface area contributed by atoms with Crippen molar-refractivity contribution in [2.24, 2.45) is 0 Å². The molecule has 2 aliphatic heterocycles. The molecule has 2 aliphatic rings. The SMILES string of the molecule is O=C(Cn1nc2n(c1=O)CCCCC2)Nc1ccccc1N1CCCC1=O. The van der Waals surface area contributed by atoms with Crippen LogP contribution in [0, 0.1) is 0 Å². The topological polar surface area (TPSA) is 89.2 Å². The Balaban J connectivity index is 1.51. The molecule has 142 valence electrons. The van der Waals surface area contributed by atoms with Crippen LogP contribution >= 0.6 is 0 Å². The predicted octanol–water partition coefficient (Wildman–Crippen LogP) is 1.54. The molecular weight excluding hydrogens is 346 g/mol. The van der Waals surface area contributed by atoms with E-state index in [1.165, 1.54) is 4.68 Å². The maximum absolute atomic E-state index is 12.5. The highest BCUT2D eigenvalue weighted by Gasteiger charge is 2.24. The van der Waals surface area contributed by atoms with Crippen LogP contribution in [0.3, 0.4) is 0 Å². The summed E-state index contributed by atoms with van der Waals surface area (Å²) in [7, 11) is 0. The fourth-order valence-electron chi connectivity index (χ4n) is 3.77. The second-order valence-electron chi connectivity index (χ2n) is 7.03. The second kappa shape index (κ2) is 7.38. The fraction of sp³-hybridized carbons (Fsp3) is 0.474. The number of hydrogen-bond donors (Lipinski definition) is 1. The molecule has 3 heterocycles. The molecule has 0 bridgehead atoms. The van der Waals surface area contributed by atoms with E-state index in [0.29, 0.717) is 30.9 Å². The van der Waals surface area contributed by atoms with Gasteiger partial charge in [0.25, 0.3) is 0 Å². The Morgan fingerprint density at radius 3 is 2.70 bits per heavy atom. The number of fused-ring (bicyclic) bond motifs is 1. The number of aromatic nitrogens is 3. The third kappa shape index (κ3) is 3.51. The number of para-hydroxylation sites is 2. The van der Waals surface area contributed by atoms with Crippen molar-refractivity contribution in [3.8, 4) is 0 Å². The highest BCUT2D eigenvalue weighted by atomic mass is 16.2. The summed E-state index contributed by atoms with van der Waals surface area (Å²) >= 11 is 0. The molecule has 0 spiro atoms. The van der Waals surface area contributed by atoms with Gasteiger partial charge < -0.3 is 10.2 Å². The van der Waals surface area contributed by atoms with E-state index in [-0.39, 0.29) is 24.0 Å².